The normalized spacial score (nSPS) is 13.7. The van der Waals surface area contributed by atoms with E-state index in [1.54, 1.807) is 30.6 Å². The van der Waals surface area contributed by atoms with Crippen molar-refractivity contribution in [3.63, 3.8) is 0 Å². The summed E-state index contributed by atoms with van der Waals surface area (Å²) in [5, 5.41) is 7.59. The predicted octanol–water partition coefficient (Wildman–Crippen LogP) is 4.04. The van der Waals surface area contributed by atoms with Crippen molar-refractivity contribution in [2.45, 2.75) is 52.9 Å². The Kier molecular flexibility index (Phi) is 6.82. The number of aryl methyl sites for hydroxylation is 1. The number of aromatic nitrogens is 4. The average molecular weight is 447 g/mol. The molecule has 0 spiro atoms. The lowest BCUT2D eigenvalue weighted by atomic mass is 10.1. The molecule has 1 aliphatic heterocycles. The third kappa shape index (κ3) is 5.27. The summed E-state index contributed by atoms with van der Waals surface area (Å²) in [6.45, 7) is 7.53. The van der Waals surface area contributed by atoms with Gasteiger partial charge in [-0.2, -0.15) is 5.10 Å². The molecule has 3 aromatic rings. The number of nitrogens with one attached hydrogen (secondary N) is 1. The van der Waals surface area contributed by atoms with Crippen molar-refractivity contribution < 1.29 is 9.59 Å². The molecular formula is C25H30N6O2. The zero-order valence-corrected chi connectivity index (χ0v) is 19.5. The van der Waals surface area contributed by atoms with Crippen LogP contribution in [0.4, 0.5) is 11.5 Å². The van der Waals surface area contributed by atoms with E-state index >= 15 is 0 Å². The molecule has 33 heavy (non-hydrogen) atoms. The summed E-state index contributed by atoms with van der Waals surface area (Å²) in [5.41, 5.74) is 4.23. The number of nitrogens with zero attached hydrogens (tertiary/aromatic N) is 5. The number of anilines is 2. The van der Waals surface area contributed by atoms with Crippen molar-refractivity contribution in [3.8, 4) is 5.82 Å². The zero-order chi connectivity index (χ0) is 23.4. The Hall–Kier alpha value is -3.55. The SMILES string of the molecule is CC(=O)c1ccc(NC(=O)CCc2c(C)nn(-c3cc(N4CCCCC4)ncn3)c2C)cc1. The molecule has 3 heterocycles. The van der Waals surface area contributed by atoms with Gasteiger partial charge in [0.25, 0.3) is 0 Å². The van der Waals surface area contributed by atoms with Crippen molar-refractivity contribution in [1.29, 1.82) is 0 Å². The second-order valence-electron chi connectivity index (χ2n) is 8.53. The van der Waals surface area contributed by atoms with Crippen LogP contribution in [0.2, 0.25) is 0 Å². The lowest BCUT2D eigenvalue weighted by molar-refractivity contribution is -0.116. The molecule has 0 unspecified atom stereocenters. The van der Waals surface area contributed by atoms with E-state index in [1.165, 1.54) is 26.2 Å². The highest BCUT2D eigenvalue weighted by atomic mass is 16.1. The molecule has 172 valence electrons. The van der Waals surface area contributed by atoms with Gasteiger partial charge in [-0.15, -0.1) is 0 Å². The van der Waals surface area contributed by atoms with Crippen molar-refractivity contribution in [2.24, 2.45) is 0 Å². The predicted molar refractivity (Wildman–Crippen MR) is 128 cm³/mol. The second-order valence-corrected chi connectivity index (χ2v) is 8.53. The summed E-state index contributed by atoms with van der Waals surface area (Å²) in [7, 11) is 0. The van der Waals surface area contributed by atoms with Crippen LogP contribution in [0.15, 0.2) is 36.7 Å². The maximum Gasteiger partial charge on any atom is 0.224 e. The highest BCUT2D eigenvalue weighted by molar-refractivity contribution is 5.95. The van der Waals surface area contributed by atoms with E-state index in [1.807, 2.05) is 24.6 Å². The molecule has 1 fully saturated rings. The van der Waals surface area contributed by atoms with E-state index in [-0.39, 0.29) is 11.7 Å². The summed E-state index contributed by atoms with van der Waals surface area (Å²) >= 11 is 0. The summed E-state index contributed by atoms with van der Waals surface area (Å²) in [5.74, 6) is 1.60. The number of piperidine rings is 1. The van der Waals surface area contributed by atoms with Crippen LogP contribution in [0, 0.1) is 13.8 Å². The summed E-state index contributed by atoms with van der Waals surface area (Å²) < 4.78 is 1.85. The van der Waals surface area contributed by atoms with Gasteiger partial charge in [0.15, 0.2) is 11.6 Å². The molecule has 2 aromatic heterocycles. The number of carbonyl (C=O) groups is 2. The molecular weight excluding hydrogens is 416 g/mol. The van der Waals surface area contributed by atoms with Crippen molar-refractivity contribution in [2.75, 3.05) is 23.3 Å². The fourth-order valence-corrected chi connectivity index (χ4v) is 4.26. The Morgan fingerprint density at radius 1 is 1.00 bits per heavy atom. The Balaban J connectivity index is 1.43. The summed E-state index contributed by atoms with van der Waals surface area (Å²) in [6, 6.07) is 8.93. The first-order valence-corrected chi connectivity index (χ1v) is 11.5. The van der Waals surface area contributed by atoms with E-state index in [2.05, 4.69) is 20.2 Å². The van der Waals surface area contributed by atoms with Crippen LogP contribution in [0.1, 0.15) is 59.9 Å². The second kappa shape index (κ2) is 9.94. The van der Waals surface area contributed by atoms with Gasteiger partial charge in [-0.25, -0.2) is 14.6 Å². The number of hydrogen-bond donors (Lipinski definition) is 1. The van der Waals surface area contributed by atoms with Gasteiger partial charge in [-0.3, -0.25) is 9.59 Å². The summed E-state index contributed by atoms with van der Waals surface area (Å²) in [4.78, 5) is 35.1. The zero-order valence-electron chi connectivity index (χ0n) is 19.5. The van der Waals surface area contributed by atoms with E-state index in [0.29, 0.717) is 24.1 Å². The Labute approximate surface area is 194 Å². The lowest BCUT2D eigenvalue weighted by Gasteiger charge is -2.27. The third-order valence-electron chi connectivity index (χ3n) is 6.15. The van der Waals surface area contributed by atoms with E-state index in [0.717, 1.165) is 41.7 Å². The first-order valence-electron chi connectivity index (χ1n) is 11.5. The van der Waals surface area contributed by atoms with Gasteiger partial charge in [-0.1, -0.05) is 0 Å². The van der Waals surface area contributed by atoms with E-state index in [9.17, 15) is 9.59 Å². The summed E-state index contributed by atoms with van der Waals surface area (Å²) in [6.07, 6.45) is 6.16. The molecule has 1 aromatic carbocycles. The number of rotatable bonds is 7. The van der Waals surface area contributed by atoms with Crippen LogP contribution in [0.25, 0.3) is 5.82 Å². The molecule has 0 saturated carbocycles. The van der Waals surface area contributed by atoms with Crippen LogP contribution in [0.3, 0.4) is 0 Å². The molecule has 0 radical (unpaired) electrons. The number of ketones is 1. The lowest BCUT2D eigenvalue weighted by Crippen LogP contribution is -2.30. The largest absolute Gasteiger partial charge is 0.356 e. The Morgan fingerprint density at radius 2 is 1.70 bits per heavy atom. The molecule has 0 aliphatic carbocycles. The molecule has 1 amide bonds. The number of hydrogen-bond acceptors (Lipinski definition) is 6. The van der Waals surface area contributed by atoms with Gasteiger partial charge >= 0.3 is 0 Å². The molecule has 8 heteroatoms. The minimum absolute atomic E-state index is 0.00238. The highest BCUT2D eigenvalue weighted by Gasteiger charge is 2.17. The van der Waals surface area contributed by atoms with Crippen molar-refractivity contribution in [1.82, 2.24) is 19.7 Å². The minimum atomic E-state index is -0.0773. The number of carbonyl (C=O) groups excluding carboxylic acids is 2. The number of Topliss-reactive ketones (excluding diaryl/α,β-unsaturated/α-hetero) is 1. The van der Waals surface area contributed by atoms with Crippen molar-refractivity contribution in [3.05, 3.63) is 59.2 Å². The average Bonchev–Trinajstić information content (AvgIpc) is 3.12. The van der Waals surface area contributed by atoms with Gasteiger partial charge in [0.2, 0.25) is 5.91 Å². The van der Waals surface area contributed by atoms with Crippen LogP contribution < -0.4 is 10.2 Å². The molecule has 8 nitrogen and oxygen atoms in total. The number of benzene rings is 1. The van der Waals surface area contributed by atoms with Crippen LogP contribution in [-0.4, -0.2) is 44.5 Å². The van der Waals surface area contributed by atoms with E-state index < -0.39 is 0 Å². The molecule has 1 saturated heterocycles. The van der Waals surface area contributed by atoms with Gasteiger partial charge < -0.3 is 10.2 Å². The molecule has 1 N–H and O–H groups in total. The third-order valence-corrected chi connectivity index (χ3v) is 6.15. The number of amides is 1. The fraction of sp³-hybridized carbons (Fsp3) is 0.400. The highest BCUT2D eigenvalue weighted by Crippen LogP contribution is 2.22. The smallest absolute Gasteiger partial charge is 0.224 e. The van der Waals surface area contributed by atoms with Gasteiger partial charge in [0, 0.05) is 42.5 Å². The monoisotopic (exact) mass is 446 g/mol. The van der Waals surface area contributed by atoms with Crippen molar-refractivity contribution >= 4 is 23.2 Å². The minimum Gasteiger partial charge on any atom is -0.356 e. The van der Waals surface area contributed by atoms with Crippen LogP contribution in [0.5, 0.6) is 0 Å². The first-order chi connectivity index (χ1) is 15.9. The topological polar surface area (TPSA) is 93.0 Å². The van der Waals surface area contributed by atoms with E-state index in [4.69, 9.17) is 5.10 Å². The molecule has 4 rings (SSSR count). The quantitative estimate of drug-likeness (QED) is 0.551. The van der Waals surface area contributed by atoms with Gasteiger partial charge in [0.1, 0.15) is 12.1 Å². The molecule has 0 atom stereocenters. The Morgan fingerprint density at radius 3 is 2.39 bits per heavy atom. The maximum absolute atomic E-state index is 12.5. The molecule has 1 aliphatic rings. The fourth-order valence-electron chi connectivity index (χ4n) is 4.26. The maximum atomic E-state index is 12.5. The first kappa shape index (κ1) is 22.6. The van der Waals surface area contributed by atoms with Crippen LogP contribution >= 0.6 is 0 Å². The van der Waals surface area contributed by atoms with Crippen LogP contribution in [-0.2, 0) is 11.2 Å². The van der Waals surface area contributed by atoms with Gasteiger partial charge in [-0.05, 0) is 76.3 Å². The Bertz CT molecular complexity index is 1150. The standard InChI is InChI=1S/C25H30N6O2/c1-17-22(11-12-25(33)28-21-9-7-20(8-10-21)19(3)32)18(2)31(29-17)24-15-23(26-16-27-24)30-13-5-4-6-14-30/h7-10,15-16H,4-6,11-14H2,1-3H3,(H,28,33). The van der Waals surface area contributed by atoms with Gasteiger partial charge in [0.05, 0.1) is 5.69 Å². The molecule has 0 bridgehead atoms.